The molecule has 3 nitrogen and oxygen atoms in total. The lowest BCUT2D eigenvalue weighted by molar-refractivity contribution is 0.0620. The molecule has 3 fully saturated rings. The van der Waals surface area contributed by atoms with Crippen molar-refractivity contribution in [2.75, 3.05) is 19.6 Å². The molecule has 1 atom stereocenters. The van der Waals surface area contributed by atoms with Gasteiger partial charge in [0.15, 0.2) is 0 Å². The molecule has 1 unspecified atom stereocenters. The molecule has 3 heterocycles. The summed E-state index contributed by atoms with van der Waals surface area (Å²) in [6.07, 6.45) is 2.42. The highest BCUT2D eigenvalue weighted by Crippen LogP contribution is 2.28. The Balaban J connectivity index is 1.38. The van der Waals surface area contributed by atoms with E-state index in [0.29, 0.717) is 12.0 Å². The molecular weight excluding hydrogens is 332 g/mol. The fourth-order valence-corrected chi connectivity index (χ4v) is 4.59. The third kappa shape index (κ3) is 3.24. The third-order valence-corrected chi connectivity index (χ3v) is 6.18. The first-order valence-corrected chi connectivity index (χ1v) is 9.89. The normalized spacial score (nSPS) is 24.1. The monoisotopic (exact) mass is 356 g/mol. The Morgan fingerprint density at radius 2 is 1.63 bits per heavy atom. The molecule has 0 radical (unpaired) electrons. The second-order valence-corrected chi connectivity index (χ2v) is 7.86. The van der Waals surface area contributed by atoms with Gasteiger partial charge >= 0.3 is 0 Å². The molecule has 1 N–H and O–H groups in total. The highest BCUT2D eigenvalue weighted by Gasteiger charge is 2.34. The van der Waals surface area contributed by atoms with Crippen molar-refractivity contribution < 1.29 is 4.79 Å². The molecule has 27 heavy (non-hydrogen) atoms. The predicted molar refractivity (Wildman–Crippen MR) is 110 cm³/mol. The van der Waals surface area contributed by atoms with Crippen LogP contribution >= 0.6 is 0 Å². The van der Waals surface area contributed by atoms with Gasteiger partial charge in [0.2, 0.25) is 0 Å². The van der Waals surface area contributed by atoms with Crippen molar-refractivity contribution >= 4 is 16.7 Å². The number of fused-ring (bicyclic) bond motifs is 4. The summed E-state index contributed by atoms with van der Waals surface area (Å²) in [5.74, 6) is 0.694. The summed E-state index contributed by atoms with van der Waals surface area (Å²) in [4.78, 5) is 15.3. The largest absolute Gasteiger partial charge is 0.348 e. The quantitative estimate of drug-likeness (QED) is 0.757. The fraction of sp³-hybridized carbons (Fsp3) is 0.292. The number of nitrogens with zero attached hydrogens (tertiary/aromatic N) is 1. The Morgan fingerprint density at radius 1 is 0.852 bits per heavy atom. The second-order valence-electron chi connectivity index (χ2n) is 7.86. The van der Waals surface area contributed by atoms with E-state index >= 15 is 0 Å². The zero-order chi connectivity index (χ0) is 18.2. The Bertz CT molecular complexity index is 988. The number of amides is 1. The maximum absolute atomic E-state index is 12.9. The van der Waals surface area contributed by atoms with Crippen LogP contribution in [0.25, 0.3) is 21.9 Å². The summed E-state index contributed by atoms with van der Waals surface area (Å²) in [5.41, 5.74) is 2.98. The predicted octanol–water partition coefficient (Wildman–Crippen LogP) is 4.33. The van der Waals surface area contributed by atoms with Crippen LogP contribution in [0.5, 0.6) is 0 Å². The summed E-state index contributed by atoms with van der Waals surface area (Å²) in [5, 5.41) is 5.75. The SMILES string of the molecule is O=C(NC1CN2CCC1CC2)c1cccc(-c2ccc3ccccc3c2)c1. The fourth-order valence-electron chi connectivity index (χ4n) is 4.59. The lowest BCUT2D eigenvalue weighted by atomic mass is 9.84. The van der Waals surface area contributed by atoms with E-state index in [1.807, 2.05) is 18.2 Å². The van der Waals surface area contributed by atoms with Crippen LogP contribution in [0.2, 0.25) is 0 Å². The molecule has 3 saturated heterocycles. The van der Waals surface area contributed by atoms with Gasteiger partial charge < -0.3 is 10.2 Å². The molecule has 3 aliphatic rings. The molecule has 0 aliphatic carbocycles. The Kier molecular flexibility index (Phi) is 4.17. The van der Waals surface area contributed by atoms with E-state index in [-0.39, 0.29) is 5.91 Å². The van der Waals surface area contributed by atoms with E-state index in [2.05, 4.69) is 58.7 Å². The van der Waals surface area contributed by atoms with Crippen LogP contribution in [0.15, 0.2) is 66.7 Å². The number of hydrogen-bond donors (Lipinski definition) is 1. The first kappa shape index (κ1) is 16.5. The number of hydrogen-bond acceptors (Lipinski definition) is 2. The summed E-state index contributed by atoms with van der Waals surface area (Å²) >= 11 is 0. The molecule has 3 aromatic carbocycles. The van der Waals surface area contributed by atoms with Gasteiger partial charge in [0.25, 0.3) is 5.91 Å². The van der Waals surface area contributed by atoms with E-state index in [9.17, 15) is 4.79 Å². The first-order valence-electron chi connectivity index (χ1n) is 9.89. The molecule has 3 heteroatoms. The van der Waals surface area contributed by atoms with Crippen molar-refractivity contribution in [3.63, 3.8) is 0 Å². The minimum Gasteiger partial charge on any atom is -0.348 e. The van der Waals surface area contributed by atoms with E-state index in [1.54, 1.807) is 0 Å². The topological polar surface area (TPSA) is 32.3 Å². The van der Waals surface area contributed by atoms with Crippen LogP contribution in [-0.4, -0.2) is 36.5 Å². The number of carbonyl (C=O) groups excluding carboxylic acids is 1. The van der Waals surface area contributed by atoms with E-state index < -0.39 is 0 Å². The van der Waals surface area contributed by atoms with Crippen LogP contribution in [0.3, 0.4) is 0 Å². The van der Waals surface area contributed by atoms with Crippen LogP contribution in [-0.2, 0) is 0 Å². The molecule has 6 rings (SSSR count). The number of carbonyl (C=O) groups is 1. The maximum Gasteiger partial charge on any atom is 0.251 e. The Labute approximate surface area is 160 Å². The van der Waals surface area contributed by atoms with Crippen LogP contribution < -0.4 is 5.32 Å². The van der Waals surface area contributed by atoms with Gasteiger partial charge in [0.05, 0.1) is 0 Å². The molecule has 136 valence electrons. The van der Waals surface area contributed by atoms with Crippen molar-refractivity contribution in [1.29, 1.82) is 0 Å². The molecule has 3 aliphatic heterocycles. The van der Waals surface area contributed by atoms with Gasteiger partial charge in [0.1, 0.15) is 0 Å². The zero-order valence-electron chi connectivity index (χ0n) is 15.4. The maximum atomic E-state index is 12.9. The molecule has 0 spiro atoms. The molecule has 0 aromatic heterocycles. The van der Waals surface area contributed by atoms with Gasteiger partial charge in [-0.1, -0.05) is 48.5 Å². The van der Waals surface area contributed by atoms with E-state index in [4.69, 9.17) is 0 Å². The number of rotatable bonds is 3. The minimum atomic E-state index is 0.0522. The van der Waals surface area contributed by atoms with Crippen LogP contribution in [0, 0.1) is 5.92 Å². The average Bonchev–Trinajstić information content (AvgIpc) is 2.74. The van der Waals surface area contributed by atoms with Crippen molar-refractivity contribution in [3.05, 3.63) is 72.3 Å². The highest BCUT2D eigenvalue weighted by atomic mass is 16.1. The molecule has 0 saturated carbocycles. The summed E-state index contributed by atoms with van der Waals surface area (Å²) in [6, 6.07) is 23.1. The summed E-state index contributed by atoms with van der Waals surface area (Å²) in [7, 11) is 0. The van der Waals surface area contributed by atoms with Crippen molar-refractivity contribution in [2.24, 2.45) is 5.92 Å². The Hall–Kier alpha value is -2.65. The standard InChI is InChI=1S/C24H24N2O/c27-24(25-23-16-26-12-10-18(23)11-13-26)22-7-3-6-20(15-22)21-9-8-17-4-1-2-5-19(17)14-21/h1-9,14-15,18,23H,10-13,16H2,(H,25,27). The number of benzene rings is 3. The van der Waals surface area contributed by atoms with Crippen LogP contribution in [0.1, 0.15) is 23.2 Å². The van der Waals surface area contributed by atoms with Gasteiger partial charge in [-0.25, -0.2) is 0 Å². The van der Waals surface area contributed by atoms with Crippen molar-refractivity contribution in [2.45, 2.75) is 18.9 Å². The second kappa shape index (κ2) is 6.82. The van der Waals surface area contributed by atoms with Gasteiger partial charge in [0, 0.05) is 18.2 Å². The zero-order valence-corrected chi connectivity index (χ0v) is 15.4. The third-order valence-electron chi connectivity index (χ3n) is 6.18. The van der Waals surface area contributed by atoms with E-state index in [1.165, 1.54) is 36.7 Å². The first-order chi connectivity index (χ1) is 13.3. The minimum absolute atomic E-state index is 0.0522. The average molecular weight is 356 g/mol. The molecule has 1 amide bonds. The van der Waals surface area contributed by atoms with E-state index in [0.717, 1.165) is 23.2 Å². The van der Waals surface area contributed by atoms with Crippen LogP contribution in [0.4, 0.5) is 0 Å². The van der Waals surface area contributed by atoms with Gasteiger partial charge in [-0.3, -0.25) is 4.79 Å². The Morgan fingerprint density at radius 3 is 2.41 bits per heavy atom. The van der Waals surface area contributed by atoms with Crippen molar-refractivity contribution in [1.82, 2.24) is 10.2 Å². The lowest BCUT2D eigenvalue weighted by Gasteiger charge is -2.44. The molecular formula is C24H24N2O. The van der Waals surface area contributed by atoms with Crippen molar-refractivity contribution in [3.8, 4) is 11.1 Å². The van der Waals surface area contributed by atoms with Gasteiger partial charge in [-0.2, -0.15) is 0 Å². The summed E-state index contributed by atoms with van der Waals surface area (Å²) < 4.78 is 0. The number of piperidine rings is 3. The summed E-state index contributed by atoms with van der Waals surface area (Å²) in [6.45, 7) is 3.38. The smallest absolute Gasteiger partial charge is 0.251 e. The number of nitrogens with one attached hydrogen (secondary N) is 1. The molecule has 2 bridgehead atoms. The lowest BCUT2D eigenvalue weighted by Crippen LogP contribution is -2.57. The van der Waals surface area contributed by atoms with Gasteiger partial charge in [-0.05, 0) is 71.9 Å². The van der Waals surface area contributed by atoms with Gasteiger partial charge in [-0.15, -0.1) is 0 Å². The highest BCUT2D eigenvalue weighted by molar-refractivity contribution is 5.96. The molecule has 3 aromatic rings.